The minimum atomic E-state index is -0.780. The molecule has 154 valence electrons. The number of aliphatic hydroxyl groups excluding tert-OH is 1. The number of rotatable bonds is 9. The zero-order chi connectivity index (χ0) is 20.6. The van der Waals surface area contributed by atoms with Crippen molar-refractivity contribution in [1.29, 1.82) is 0 Å². The third-order valence-electron chi connectivity index (χ3n) is 4.26. The number of ether oxygens (including phenoxy) is 1. The highest BCUT2D eigenvalue weighted by Gasteiger charge is 2.35. The van der Waals surface area contributed by atoms with Crippen molar-refractivity contribution in [2.24, 2.45) is 0 Å². The van der Waals surface area contributed by atoms with Gasteiger partial charge < -0.3 is 25.5 Å². The summed E-state index contributed by atoms with van der Waals surface area (Å²) in [5.74, 6) is 0.107. The molecular formula is C17H21N6O5P. The van der Waals surface area contributed by atoms with Gasteiger partial charge in [0.25, 0.3) is 0 Å². The van der Waals surface area contributed by atoms with Gasteiger partial charge in [0.2, 0.25) is 5.91 Å². The van der Waals surface area contributed by atoms with Gasteiger partial charge >= 0.3 is 5.69 Å². The average Bonchev–Trinajstić information content (AvgIpc) is 3.34. The van der Waals surface area contributed by atoms with E-state index in [1.165, 1.54) is 23.2 Å². The first-order valence-electron chi connectivity index (χ1n) is 8.97. The summed E-state index contributed by atoms with van der Waals surface area (Å²) in [5, 5.41) is 15.6. The molecule has 11 nitrogen and oxygen atoms in total. The maximum Gasteiger partial charge on any atom is 0.351 e. The summed E-state index contributed by atoms with van der Waals surface area (Å²) >= 11 is 0. The number of carbonyl (C=O) groups excluding carboxylic acids is 1. The summed E-state index contributed by atoms with van der Waals surface area (Å²) in [6.07, 6.45) is 6.04. The van der Waals surface area contributed by atoms with Crippen molar-refractivity contribution in [3.8, 4) is 0 Å². The first-order valence-corrected chi connectivity index (χ1v) is 9.96. The molecule has 0 aromatic carbocycles. The van der Waals surface area contributed by atoms with Gasteiger partial charge in [0, 0.05) is 31.8 Å². The molecule has 3 heterocycles. The Morgan fingerprint density at radius 2 is 2.34 bits per heavy atom. The number of anilines is 1. The Morgan fingerprint density at radius 3 is 3.07 bits per heavy atom. The minimum absolute atomic E-state index is 0.120. The van der Waals surface area contributed by atoms with Gasteiger partial charge in [-0.3, -0.25) is 13.9 Å². The molecule has 3 atom stereocenters. The second kappa shape index (κ2) is 10.1. The van der Waals surface area contributed by atoms with Crippen molar-refractivity contribution in [2.75, 3.05) is 24.6 Å². The Kier molecular flexibility index (Phi) is 7.23. The molecule has 29 heavy (non-hydrogen) atoms. The van der Waals surface area contributed by atoms with E-state index in [4.69, 9.17) is 4.74 Å². The molecule has 2 aromatic rings. The van der Waals surface area contributed by atoms with Gasteiger partial charge in [0.1, 0.15) is 12.0 Å². The van der Waals surface area contributed by atoms with E-state index >= 15 is 0 Å². The van der Waals surface area contributed by atoms with Gasteiger partial charge in [0.05, 0.1) is 36.6 Å². The van der Waals surface area contributed by atoms with E-state index in [9.17, 15) is 19.3 Å². The highest BCUT2D eigenvalue weighted by molar-refractivity contribution is 7.23. The lowest BCUT2D eigenvalue weighted by molar-refractivity contribution is -0.116. The highest BCUT2D eigenvalue weighted by atomic mass is 31.1. The number of aromatic nitrogens is 4. The topological polar surface area (TPSA) is 151 Å². The lowest BCUT2D eigenvalue weighted by Gasteiger charge is -2.14. The number of hydrogen-bond donors (Lipinski definition) is 4. The summed E-state index contributed by atoms with van der Waals surface area (Å²) in [4.78, 5) is 34.6. The molecule has 1 aliphatic heterocycles. The lowest BCUT2D eigenvalue weighted by Crippen LogP contribution is -2.30. The van der Waals surface area contributed by atoms with Crippen LogP contribution in [0, 0.1) is 0 Å². The molecule has 0 bridgehead atoms. The van der Waals surface area contributed by atoms with Crippen LogP contribution in [0.25, 0.3) is 6.08 Å². The van der Waals surface area contributed by atoms with E-state index in [-0.39, 0.29) is 27.0 Å². The highest BCUT2D eigenvalue weighted by Crippen LogP contribution is 2.29. The number of hydrogen-bond acceptors (Lipinski definition) is 8. The zero-order valence-electron chi connectivity index (χ0n) is 15.4. The third-order valence-corrected chi connectivity index (χ3v) is 4.77. The first kappa shape index (κ1) is 20.8. The van der Waals surface area contributed by atoms with Gasteiger partial charge in [-0.25, -0.2) is 9.78 Å². The molecule has 1 amide bonds. The van der Waals surface area contributed by atoms with Gasteiger partial charge in [-0.1, -0.05) is 0 Å². The standard InChI is InChI=1S/C17H21N6O5P/c24-12-7-16(28-13(12)9-29-27)23-6-3-14(22-17(23)26)19-4-5-20-15(25)2-1-11-8-18-10-21-11/h1-3,6,8,10,12-13,16,24H,4-5,7,9H2,(H,18,21)(H,20,25)(H,19,22,26). The van der Waals surface area contributed by atoms with Crippen LogP contribution in [0.4, 0.5) is 5.82 Å². The molecule has 1 fully saturated rings. The van der Waals surface area contributed by atoms with E-state index in [0.717, 1.165) is 5.69 Å². The molecule has 1 saturated heterocycles. The third kappa shape index (κ3) is 5.80. The predicted molar refractivity (Wildman–Crippen MR) is 105 cm³/mol. The van der Waals surface area contributed by atoms with E-state index in [1.807, 2.05) is 0 Å². The predicted octanol–water partition coefficient (Wildman–Crippen LogP) is 0.148. The Labute approximate surface area is 167 Å². The summed E-state index contributed by atoms with van der Waals surface area (Å²) in [6.45, 7) is 0.717. The quantitative estimate of drug-likeness (QED) is 0.254. The van der Waals surface area contributed by atoms with Crippen molar-refractivity contribution < 1.29 is 19.2 Å². The molecule has 1 aliphatic rings. The SMILES string of the molecule is O=PCC1OC(n2ccc(NCCNC(=O)C=Cc3cnc[nH]3)nc2=O)CC1O. The fourth-order valence-electron chi connectivity index (χ4n) is 2.81. The van der Waals surface area contributed by atoms with Crippen LogP contribution in [0.3, 0.4) is 0 Å². The fourth-order valence-corrected chi connectivity index (χ4v) is 3.29. The maximum absolute atomic E-state index is 12.2. The van der Waals surface area contributed by atoms with Crippen LogP contribution in [-0.4, -0.2) is 62.0 Å². The summed E-state index contributed by atoms with van der Waals surface area (Å²) in [5.41, 5.74) is 0.194. The van der Waals surface area contributed by atoms with Gasteiger partial charge in [-0.05, 0) is 12.1 Å². The molecule has 3 unspecified atom stereocenters. The van der Waals surface area contributed by atoms with Gasteiger partial charge in [-0.2, -0.15) is 4.98 Å². The maximum atomic E-state index is 12.2. The van der Waals surface area contributed by atoms with E-state index in [2.05, 4.69) is 25.6 Å². The second-order valence-electron chi connectivity index (χ2n) is 6.30. The number of imidazole rings is 1. The molecular weight excluding hydrogens is 399 g/mol. The molecule has 2 aromatic heterocycles. The lowest BCUT2D eigenvalue weighted by atomic mass is 10.2. The zero-order valence-corrected chi connectivity index (χ0v) is 16.3. The van der Waals surface area contributed by atoms with Crippen LogP contribution >= 0.6 is 8.46 Å². The average molecular weight is 420 g/mol. The van der Waals surface area contributed by atoms with E-state index in [0.29, 0.717) is 18.9 Å². The van der Waals surface area contributed by atoms with Crippen molar-refractivity contribution in [2.45, 2.75) is 24.9 Å². The summed E-state index contributed by atoms with van der Waals surface area (Å²) in [6, 6.07) is 1.61. The normalized spacial score (nSPS) is 21.6. The number of nitrogens with zero attached hydrogens (tertiary/aromatic N) is 3. The van der Waals surface area contributed by atoms with Crippen LogP contribution in [-0.2, 0) is 14.1 Å². The van der Waals surface area contributed by atoms with Gasteiger partial charge in [-0.15, -0.1) is 0 Å². The molecule has 0 spiro atoms. The minimum Gasteiger partial charge on any atom is -0.390 e. The van der Waals surface area contributed by atoms with Crippen molar-refractivity contribution >= 4 is 26.3 Å². The van der Waals surface area contributed by atoms with E-state index in [1.54, 1.807) is 18.3 Å². The first-order chi connectivity index (χ1) is 14.1. The smallest absolute Gasteiger partial charge is 0.351 e. The largest absolute Gasteiger partial charge is 0.390 e. The second-order valence-corrected chi connectivity index (χ2v) is 6.93. The summed E-state index contributed by atoms with van der Waals surface area (Å²) < 4.78 is 17.6. The number of amides is 1. The van der Waals surface area contributed by atoms with Gasteiger partial charge in [0.15, 0.2) is 8.46 Å². The molecule has 0 saturated carbocycles. The number of nitrogens with one attached hydrogen (secondary N) is 3. The van der Waals surface area contributed by atoms with Crippen LogP contribution in [0.5, 0.6) is 0 Å². The van der Waals surface area contributed by atoms with Crippen molar-refractivity contribution in [3.63, 3.8) is 0 Å². The molecule has 4 N–H and O–H groups in total. The molecule has 12 heteroatoms. The number of carbonyl (C=O) groups is 1. The van der Waals surface area contributed by atoms with Crippen LogP contribution in [0.15, 0.2) is 35.7 Å². The van der Waals surface area contributed by atoms with Crippen molar-refractivity contribution in [3.05, 3.63) is 47.0 Å². The summed E-state index contributed by atoms with van der Waals surface area (Å²) in [7, 11) is -0.120. The van der Waals surface area contributed by atoms with Crippen molar-refractivity contribution in [1.82, 2.24) is 24.8 Å². The molecule has 0 aliphatic carbocycles. The Morgan fingerprint density at radius 1 is 1.48 bits per heavy atom. The van der Waals surface area contributed by atoms with Crippen LogP contribution < -0.4 is 16.3 Å². The van der Waals surface area contributed by atoms with Crippen LogP contribution in [0.1, 0.15) is 18.3 Å². The number of H-pyrrole nitrogens is 1. The molecule has 0 radical (unpaired) electrons. The fraction of sp³-hybridized carbons (Fsp3) is 0.412. The monoisotopic (exact) mass is 420 g/mol. The van der Waals surface area contributed by atoms with Crippen LogP contribution in [0.2, 0.25) is 0 Å². The Balaban J connectivity index is 1.45. The number of aromatic amines is 1. The van der Waals surface area contributed by atoms with E-state index < -0.39 is 24.1 Å². The molecule has 3 rings (SSSR count). The Hall–Kier alpha value is -2.88. The number of aliphatic hydroxyl groups is 1. The Bertz CT molecular complexity index is 915.